The summed E-state index contributed by atoms with van der Waals surface area (Å²) in [7, 11) is -4.09. The van der Waals surface area contributed by atoms with Crippen molar-refractivity contribution in [3.63, 3.8) is 0 Å². The molecule has 1 atom stereocenters. The summed E-state index contributed by atoms with van der Waals surface area (Å²) >= 11 is 0. The molecule has 0 bridgehead atoms. The molecule has 0 aromatic heterocycles. The number of hydrogen-bond donors (Lipinski definition) is 3. The number of Topliss-reactive ketones (excluding diaryl/α,β-unsaturated/α-hetero) is 1. The summed E-state index contributed by atoms with van der Waals surface area (Å²) in [5, 5.41) is 13.8. The predicted octanol–water partition coefficient (Wildman–Crippen LogP) is 3.39. The van der Waals surface area contributed by atoms with Crippen LogP contribution in [-0.4, -0.2) is 25.1 Å². The number of nitrogens with two attached hydrogens (primary N) is 1. The molecular formula is C21H21N3O4S. The number of sulfonamides is 1. The number of nitrogens with zero attached hydrogens (tertiary/aromatic N) is 1. The number of amidine groups is 1. The first kappa shape index (κ1) is 19.2. The number of nitrogens with one attached hydrogen (secondary N) is 1. The first-order valence-corrected chi connectivity index (χ1v) is 10.7. The standard InChI is InChI=1S/C21H21N3O4S/c1-3-10-21(2)14-7-5-4-6-13(14)18(25)17(19(21)26)20-23-15-9-8-12(22)11-16(15)29(27,28)24-20/h4-9,11,25H,3,10,22H2,1-2H3,(H,23,24). The van der Waals surface area contributed by atoms with E-state index in [1.54, 1.807) is 18.2 Å². The van der Waals surface area contributed by atoms with Crippen LogP contribution in [0.25, 0.3) is 5.76 Å². The van der Waals surface area contributed by atoms with Gasteiger partial charge in [-0.25, -0.2) is 0 Å². The lowest BCUT2D eigenvalue weighted by molar-refractivity contribution is -0.120. The second-order valence-corrected chi connectivity index (χ2v) is 9.05. The molecule has 150 valence electrons. The molecule has 29 heavy (non-hydrogen) atoms. The van der Waals surface area contributed by atoms with Crippen LogP contribution in [0.1, 0.15) is 37.8 Å². The van der Waals surface area contributed by atoms with Gasteiger partial charge < -0.3 is 16.2 Å². The predicted molar refractivity (Wildman–Crippen MR) is 112 cm³/mol. The van der Waals surface area contributed by atoms with Gasteiger partial charge in [-0.15, -0.1) is 4.40 Å². The van der Waals surface area contributed by atoms with Crippen molar-refractivity contribution in [2.75, 3.05) is 11.1 Å². The molecule has 7 nitrogen and oxygen atoms in total. The van der Waals surface area contributed by atoms with E-state index >= 15 is 0 Å². The SMILES string of the molecule is CCCC1(C)C(=O)C(C2=NS(=O)(=O)c3cc(N)ccc3N2)=C(O)c2ccccc21. The van der Waals surface area contributed by atoms with Gasteiger partial charge in [0.2, 0.25) is 0 Å². The molecule has 1 aliphatic heterocycles. The zero-order valence-corrected chi connectivity index (χ0v) is 16.9. The van der Waals surface area contributed by atoms with E-state index in [2.05, 4.69) is 9.71 Å². The first-order chi connectivity index (χ1) is 13.7. The van der Waals surface area contributed by atoms with Gasteiger partial charge in [0.1, 0.15) is 16.2 Å². The molecule has 1 unspecified atom stereocenters. The van der Waals surface area contributed by atoms with E-state index in [4.69, 9.17) is 5.73 Å². The van der Waals surface area contributed by atoms with Crippen molar-refractivity contribution in [3.8, 4) is 0 Å². The number of hydrogen-bond acceptors (Lipinski definition) is 6. The Morgan fingerprint density at radius 3 is 2.66 bits per heavy atom. The highest BCUT2D eigenvalue weighted by atomic mass is 32.2. The Labute approximate surface area is 169 Å². The molecular weight excluding hydrogens is 390 g/mol. The maximum absolute atomic E-state index is 13.5. The summed E-state index contributed by atoms with van der Waals surface area (Å²) in [6.45, 7) is 3.79. The quantitative estimate of drug-likeness (QED) is 0.666. The van der Waals surface area contributed by atoms with Crippen LogP contribution in [0.2, 0.25) is 0 Å². The van der Waals surface area contributed by atoms with Crippen LogP contribution in [-0.2, 0) is 20.2 Å². The molecule has 0 saturated heterocycles. The monoisotopic (exact) mass is 411 g/mol. The van der Waals surface area contributed by atoms with Gasteiger partial charge in [-0.1, -0.05) is 37.6 Å². The number of benzene rings is 2. The molecule has 2 aromatic rings. The van der Waals surface area contributed by atoms with E-state index in [0.717, 1.165) is 12.0 Å². The van der Waals surface area contributed by atoms with Gasteiger partial charge in [0.25, 0.3) is 10.0 Å². The van der Waals surface area contributed by atoms with E-state index in [1.807, 2.05) is 26.0 Å². The number of fused-ring (bicyclic) bond motifs is 2. The zero-order valence-electron chi connectivity index (χ0n) is 16.1. The molecule has 0 amide bonds. The molecule has 4 rings (SSSR count). The first-order valence-electron chi connectivity index (χ1n) is 9.29. The van der Waals surface area contributed by atoms with E-state index in [9.17, 15) is 18.3 Å². The van der Waals surface area contributed by atoms with Gasteiger partial charge in [-0.2, -0.15) is 8.42 Å². The third kappa shape index (κ3) is 2.82. The Kier molecular flexibility index (Phi) is 4.27. The molecule has 4 N–H and O–H groups in total. The highest BCUT2D eigenvalue weighted by molar-refractivity contribution is 7.90. The number of carbonyl (C=O) groups is 1. The maximum Gasteiger partial charge on any atom is 0.286 e. The van der Waals surface area contributed by atoms with E-state index in [-0.39, 0.29) is 39.2 Å². The van der Waals surface area contributed by atoms with Crippen molar-refractivity contribution in [1.82, 2.24) is 0 Å². The van der Waals surface area contributed by atoms with E-state index in [1.165, 1.54) is 12.1 Å². The van der Waals surface area contributed by atoms with Gasteiger partial charge in [0, 0.05) is 11.3 Å². The second kappa shape index (κ2) is 6.45. The zero-order chi connectivity index (χ0) is 21.0. The number of carbonyl (C=O) groups excluding carboxylic acids is 1. The Morgan fingerprint density at radius 1 is 1.21 bits per heavy atom. The van der Waals surface area contributed by atoms with Crippen molar-refractivity contribution < 1.29 is 18.3 Å². The minimum Gasteiger partial charge on any atom is -0.506 e. The fourth-order valence-electron chi connectivity index (χ4n) is 4.06. The number of aliphatic hydroxyl groups is 1. The normalized spacial score (nSPS) is 22.4. The summed E-state index contributed by atoms with van der Waals surface area (Å²) in [5.74, 6) is -0.822. The maximum atomic E-state index is 13.5. The molecule has 0 fully saturated rings. The summed E-state index contributed by atoms with van der Waals surface area (Å²) in [6, 6.07) is 11.5. The highest BCUT2D eigenvalue weighted by Gasteiger charge is 2.46. The summed E-state index contributed by atoms with van der Waals surface area (Å²) in [4.78, 5) is 13.5. The topological polar surface area (TPSA) is 122 Å². The second-order valence-electron chi connectivity index (χ2n) is 7.48. The van der Waals surface area contributed by atoms with Crippen molar-refractivity contribution in [1.29, 1.82) is 0 Å². The minimum atomic E-state index is -4.09. The third-order valence-electron chi connectivity index (χ3n) is 5.48. The van der Waals surface area contributed by atoms with Crippen molar-refractivity contribution in [2.24, 2.45) is 4.40 Å². The molecule has 1 aliphatic carbocycles. The van der Waals surface area contributed by atoms with Crippen LogP contribution < -0.4 is 11.1 Å². The Hall–Kier alpha value is -3.13. The largest absolute Gasteiger partial charge is 0.506 e. The van der Waals surface area contributed by atoms with Crippen LogP contribution in [0.4, 0.5) is 11.4 Å². The fourth-order valence-corrected chi connectivity index (χ4v) is 5.22. The average molecular weight is 411 g/mol. The minimum absolute atomic E-state index is 0.0682. The van der Waals surface area contributed by atoms with Crippen molar-refractivity contribution >= 4 is 38.8 Å². The summed E-state index contributed by atoms with van der Waals surface area (Å²) in [5.41, 5.74) is 6.45. The van der Waals surface area contributed by atoms with Gasteiger partial charge in [0.15, 0.2) is 11.6 Å². The van der Waals surface area contributed by atoms with Crippen molar-refractivity contribution in [2.45, 2.75) is 37.0 Å². The third-order valence-corrected chi connectivity index (χ3v) is 6.79. The molecule has 0 saturated carbocycles. The van der Waals surface area contributed by atoms with Crippen LogP contribution >= 0.6 is 0 Å². The van der Waals surface area contributed by atoms with Gasteiger partial charge in [-0.05, 0) is 37.1 Å². The number of ketones is 1. The van der Waals surface area contributed by atoms with Crippen LogP contribution in [0.3, 0.4) is 0 Å². The number of aliphatic hydroxyl groups excluding tert-OH is 1. The molecule has 8 heteroatoms. The summed E-state index contributed by atoms with van der Waals surface area (Å²) in [6.07, 6.45) is 1.29. The number of anilines is 2. The lowest BCUT2D eigenvalue weighted by atomic mass is 9.67. The van der Waals surface area contributed by atoms with E-state index in [0.29, 0.717) is 12.0 Å². The van der Waals surface area contributed by atoms with Crippen LogP contribution in [0.15, 0.2) is 57.3 Å². The molecule has 2 aromatic carbocycles. The molecule has 0 radical (unpaired) electrons. The van der Waals surface area contributed by atoms with E-state index < -0.39 is 15.4 Å². The van der Waals surface area contributed by atoms with Gasteiger partial charge in [0.05, 0.1) is 11.1 Å². The average Bonchev–Trinajstić information content (AvgIpc) is 2.67. The number of nitrogen functional groups attached to an aromatic ring is 1. The van der Waals surface area contributed by atoms with Crippen LogP contribution in [0.5, 0.6) is 0 Å². The lowest BCUT2D eigenvalue weighted by Gasteiger charge is -2.36. The lowest BCUT2D eigenvalue weighted by Crippen LogP contribution is -2.42. The number of rotatable bonds is 3. The summed E-state index contributed by atoms with van der Waals surface area (Å²) < 4.78 is 29.3. The highest BCUT2D eigenvalue weighted by Crippen LogP contribution is 2.43. The van der Waals surface area contributed by atoms with Crippen LogP contribution in [0, 0.1) is 0 Å². The Morgan fingerprint density at radius 2 is 1.93 bits per heavy atom. The molecule has 0 spiro atoms. The van der Waals surface area contributed by atoms with Gasteiger partial charge in [-0.3, -0.25) is 4.79 Å². The Bertz CT molecular complexity index is 1210. The smallest absolute Gasteiger partial charge is 0.286 e. The Balaban J connectivity index is 1.95. The fraction of sp³-hybridized carbons (Fsp3) is 0.238. The molecule has 2 aliphatic rings. The molecule has 1 heterocycles. The van der Waals surface area contributed by atoms with Gasteiger partial charge >= 0.3 is 0 Å². The van der Waals surface area contributed by atoms with Crippen molar-refractivity contribution in [3.05, 3.63) is 59.2 Å².